The molecule has 16 nitrogen and oxygen atoms in total. The van der Waals surface area contributed by atoms with Crippen molar-refractivity contribution in [1.82, 2.24) is 24.2 Å². The fraction of sp³-hybridized carbons (Fsp3) is 0.309. The van der Waals surface area contributed by atoms with Crippen molar-refractivity contribution in [3.63, 3.8) is 0 Å². The predicted octanol–water partition coefficient (Wildman–Crippen LogP) is 10.4. The average molecular weight is 992 g/mol. The number of imidazole rings is 1. The van der Waals surface area contributed by atoms with Gasteiger partial charge < -0.3 is 38.0 Å². The predicted molar refractivity (Wildman–Crippen MR) is 272 cm³/mol. The van der Waals surface area contributed by atoms with Gasteiger partial charge in [0, 0.05) is 24.1 Å². The van der Waals surface area contributed by atoms with Crippen LogP contribution in [0.5, 0.6) is 11.5 Å². The molecule has 1 fully saturated rings. The third kappa shape index (κ3) is 11.5. The summed E-state index contributed by atoms with van der Waals surface area (Å²) in [5, 5.41) is 12.5. The largest absolute Gasteiger partial charge is 0.497 e. The van der Waals surface area contributed by atoms with Gasteiger partial charge in [0.15, 0.2) is 22.8 Å². The molecule has 1 aliphatic heterocycles. The van der Waals surface area contributed by atoms with E-state index < -0.39 is 44.4 Å². The van der Waals surface area contributed by atoms with Gasteiger partial charge in [-0.2, -0.15) is 5.26 Å². The van der Waals surface area contributed by atoms with E-state index in [9.17, 15) is 14.9 Å². The quantitative estimate of drug-likeness (QED) is 0.0293. The number of hydrogen-bond donors (Lipinski definition) is 1. The fourth-order valence-electron chi connectivity index (χ4n) is 8.82. The van der Waals surface area contributed by atoms with Crippen molar-refractivity contribution in [2.75, 3.05) is 32.8 Å². The number of aromatic nitrogens is 4. The number of rotatable bonds is 22. The van der Waals surface area contributed by atoms with Gasteiger partial charge in [-0.1, -0.05) is 91.0 Å². The van der Waals surface area contributed by atoms with Crippen LogP contribution in [0.25, 0.3) is 11.2 Å². The average Bonchev–Trinajstić information content (AvgIpc) is 3.99. The highest BCUT2D eigenvalue weighted by Gasteiger charge is 2.46. The molecule has 0 bridgehead atoms. The van der Waals surface area contributed by atoms with E-state index in [4.69, 9.17) is 42.7 Å². The molecule has 8 rings (SSSR count). The molecule has 3 heterocycles. The summed E-state index contributed by atoms with van der Waals surface area (Å²) in [5.41, 5.74) is 2.64. The van der Waals surface area contributed by atoms with Crippen molar-refractivity contribution in [3.05, 3.63) is 179 Å². The smallest absolute Gasteiger partial charge is 0.338 e. The number of esters is 1. The zero-order valence-electron chi connectivity index (χ0n) is 41.1. The molecule has 0 radical (unpaired) electrons. The van der Waals surface area contributed by atoms with E-state index >= 15 is 0 Å². The van der Waals surface area contributed by atoms with Crippen molar-refractivity contribution in [3.8, 4) is 17.6 Å². The number of anilines is 1. The van der Waals surface area contributed by atoms with Crippen molar-refractivity contribution in [2.45, 2.75) is 83.3 Å². The number of hydrogen-bond acceptors (Lipinski definition) is 14. The lowest BCUT2D eigenvalue weighted by Gasteiger charge is -2.39. The number of ether oxygens (including phenoxy) is 5. The van der Waals surface area contributed by atoms with E-state index in [-0.39, 0.29) is 61.9 Å². The molecule has 0 saturated carbocycles. The zero-order chi connectivity index (χ0) is 50.6. The van der Waals surface area contributed by atoms with Gasteiger partial charge in [-0.15, -0.1) is 0 Å². The van der Waals surface area contributed by atoms with Gasteiger partial charge in [0.2, 0.25) is 0 Å². The molecule has 5 aromatic carbocycles. The van der Waals surface area contributed by atoms with Gasteiger partial charge >= 0.3 is 5.97 Å². The minimum Gasteiger partial charge on any atom is -0.497 e. The van der Waals surface area contributed by atoms with Gasteiger partial charge in [0.25, 0.3) is 14.4 Å². The number of carbonyl (C=O) groups excluding carboxylic acids is 2. The maximum Gasteiger partial charge on any atom is 0.338 e. The Kier molecular flexibility index (Phi) is 17.0. The first kappa shape index (κ1) is 51.3. The summed E-state index contributed by atoms with van der Waals surface area (Å²) in [4.78, 5) is 41.1. The van der Waals surface area contributed by atoms with Crippen molar-refractivity contribution in [2.24, 2.45) is 0 Å². The summed E-state index contributed by atoms with van der Waals surface area (Å²) >= 11 is 0. The van der Waals surface area contributed by atoms with Crippen LogP contribution in [-0.2, 0) is 35.5 Å². The van der Waals surface area contributed by atoms with Crippen molar-refractivity contribution in [1.29, 1.82) is 5.26 Å². The molecule has 0 aliphatic carbocycles. The Bertz CT molecular complexity index is 2870. The number of carbonyl (C=O) groups is 2. The van der Waals surface area contributed by atoms with Crippen molar-refractivity contribution >= 4 is 37.4 Å². The second kappa shape index (κ2) is 23.9. The third-order valence-corrected chi connectivity index (χ3v) is 14.3. The maximum atomic E-state index is 13.6. The standard InChI is InChI=1S/C55H58N7O9P/c1-37(2)62(38(3)4)72(69-32-16-31-56)71-46-33-49(70-47(46)34-68-55(41-21-14-9-15-22-41,42-23-27-44(65-5)28-24-42)43-25-29-45(66-6)30-26-43)61-48(35-67-54(64)40-19-12-8-13-20-40)59-50-51(57-36-58-52(50)61)60-53(63)39-17-10-7-11-18-39/h7-15,17-30,36-38,46-47,49H,16,32-35H2,1-6H3,(H,57,58,60,63)/t46-,47+,49+,72?/m0/s1. The molecule has 1 amide bonds. The molecular weight excluding hydrogens is 934 g/mol. The molecule has 2 aromatic heterocycles. The number of methoxy groups -OCH3 is 2. The number of nitrogens with zero attached hydrogens (tertiary/aromatic N) is 6. The van der Waals surface area contributed by atoms with Crippen LogP contribution in [0.3, 0.4) is 0 Å². The van der Waals surface area contributed by atoms with Crippen LogP contribution in [0.2, 0.25) is 0 Å². The van der Waals surface area contributed by atoms with Gasteiger partial charge in [-0.25, -0.2) is 24.4 Å². The van der Waals surface area contributed by atoms with E-state index in [0.717, 1.165) is 16.7 Å². The van der Waals surface area contributed by atoms with Gasteiger partial charge in [0.05, 0.1) is 51.6 Å². The first-order valence-electron chi connectivity index (χ1n) is 23.7. The third-order valence-electron chi connectivity index (χ3n) is 12.2. The van der Waals surface area contributed by atoms with Crippen LogP contribution >= 0.6 is 8.53 Å². The van der Waals surface area contributed by atoms with Crippen molar-refractivity contribution < 1.29 is 42.3 Å². The Morgan fingerprint density at radius 3 is 1.94 bits per heavy atom. The Balaban J connectivity index is 1.24. The summed E-state index contributed by atoms with van der Waals surface area (Å²) in [5.74, 6) is 0.836. The zero-order valence-corrected chi connectivity index (χ0v) is 42.0. The molecule has 72 heavy (non-hydrogen) atoms. The molecule has 17 heteroatoms. The Morgan fingerprint density at radius 1 is 0.806 bits per heavy atom. The highest BCUT2D eigenvalue weighted by molar-refractivity contribution is 7.44. The lowest BCUT2D eigenvalue weighted by atomic mass is 9.80. The van der Waals surface area contributed by atoms with E-state index in [0.29, 0.717) is 28.3 Å². The SMILES string of the molecule is COc1ccc(C(OC[C@H]2O[C@@H](n3c(COC(=O)c4ccccc4)nc4c(NC(=O)c5ccccc5)ncnc43)C[C@@H]2OP(OCCC#N)N(C(C)C)C(C)C)(c2ccccc2)c2ccc(OC)cc2)cc1. The molecule has 0 spiro atoms. The summed E-state index contributed by atoms with van der Waals surface area (Å²) in [6.45, 7) is 8.16. The number of nitrogens with one attached hydrogen (secondary N) is 1. The molecule has 1 unspecified atom stereocenters. The highest BCUT2D eigenvalue weighted by Crippen LogP contribution is 2.51. The van der Waals surface area contributed by atoms with Crippen LogP contribution in [0.1, 0.15) is 90.0 Å². The van der Waals surface area contributed by atoms with Crippen LogP contribution in [-0.4, -0.2) is 87.8 Å². The van der Waals surface area contributed by atoms with E-state index in [1.54, 1.807) is 67.3 Å². The Hall–Kier alpha value is -7.09. The summed E-state index contributed by atoms with van der Waals surface area (Å²) in [7, 11) is 1.47. The summed E-state index contributed by atoms with van der Waals surface area (Å²) in [6, 6.07) is 45.2. The van der Waals surface area contributed by atoms with E-state index in [2.05, 4.69) is 48.7 Å². The van der Waals surface area contributed by atoms with Crippen LogP contribution in [0.4, 0.5) is 5.82 Å². The number of amides is 1. The molecule has 7 aromatic rings. The lowest BCUT2D eigenvalue weighted by Crippen LogP contribution is -2.39. The first-order chi connectivity index (χ1) is 35.0. The Labute approximate surface area is 420 Å². The minimum atomic E-state index is -1.78. The van der Waals surface area contributed by atoms with Gasteiger partial charge in [-0.3, -0.25) is 9.36 Å². The second-order valence-electron chi connectivity index (χ2n) is 17.4. The normalized spacial score (nSPS) is 16.2. The number of fused-ring (bicyclic) bond motifs is 1. The molecular formula is C55H58N7O9P. The fourth-order valence-corrected chi connectivity index (χ4v) is 10.6. The molecule has 1 N–H and O–H groups in total. The number of benzene rings is 5. The number of nitriles is 1. The summed E-state index contributed by atoms with van der Waals surface area (Å²) < 4.78 is 49.3. The van der Waals surface area contributed by atoms with Crippen LogP contribution in [0.15, 0.2) is 146 Å². The lowest BCUT2D eigenvalue weighted by molar-refractivity contribution is -0.0919. The second-order valence-corrected chi connectivity index (χ2v) is 18.8. The minimum absolute atomic E-state index is 0.00611. The summed E-state index contributed by atoms with van der Waals surface area (Å²) in [6.07, 6.45) is -0.587. The first-order valence-corrected chi connectivity index (χ1v) is 24.9. The molecule has 372 valence electrons. The highest BCUT2D eigenvalue weighted by atomic mass is 31.2. The van der Waals surface area contributed by atoms with Crippen LogP contribution in [0, 0.1) is 11.3 Å². The van der Waals surface area contributed by atoms with Gasteiger partial charge in [0.1, 0.15) is 42.4 Å². The van der Waals surface area contributed by atoms with Gasteiger partial charge in [-0.05, 0) is 92.9 Å². The monoisotopic (exact) mass is 991 g/mol. The maximum absolute atomic E-state index is 13.6. The van der Waals surface area contributed by atoms with Crippen LogP contribution < -0.4 is 14.8 Å². The topological polar surface area (TPSA) is 181 Å². The molecule has 1 aliphatic rings. The molecule has 4 atom stereocenters. The van der Waals surface area contributed by atoms with E-state index in [1.165, 1.54) is 6.33 Å². The Morgan fingerprint density at radius 2 is 1.38 bits per heavy atom. The molecule has 1 saturated heterocycles. The van der Waals surface area contributed by atoms with E-state index in [1.807, 2.05) is 91.0 Å².